The van der Waals surface area contributed by atoms with Gasteiger partial charge in [0.2, 0.25) is 10.0 Å². The van der Waals surface area contributed by atoms with E-state index in [0.717, 1.165) is 18.7 Å². The summed E-state index contributed by atoms with van der Waals surface area (Å²) in [5.41, 5.74) is 0.515. The molecular formula is C21H26N2O4S. The van der Waals surface area contributed by atoms with Crippen LogP contribution < -0.4 is 4.74 Å². The number of Topliss-reactive ketones (excluding diaryl/α,β-unsaturated/α-hetero) is 1. The second-order valence-corrected chi connectivity index (χ2v) is 8.78. The Morgan fingerprint density at radius 3 is 2.21 bits per heavy atom. The molecule has 0 aliphatic carbocycles. The van der Waals surface area contributed by atoms with Crippen LogP contribution in [0.3, 0.4) is 0 Å². The van der Waals surface area contributed by atoms with Crippen molar-refractivity contribution in [3.8, 4) is 5.75 Å². The molecule has 1 fully saturated rings. The quantitative estimate of drug-likeness (QED) is 0.502. The number of ether oxygens (including phenoxy) is 1. The van der Waals surface area contributed by atoms with Crippen LogP contribution in [-0.2, 0) is 10.0 Å². The molecular weight excluding hydrogens is 376 g/mol. The zero-order chi connectivity index (χ0) is 20.0. The number of hydrogen-bond acceptors (Lipinski definition) is 5. The van der Waals surface area contributed by atoms with E-state index in [1.54, 1.807) is 12.1 Å². The highest BCUT2D eigenvalue weighted by Crippen LogP contribution is 2.18. The minimum atomic E-state index is -3.52. The molecule has 0 radical (unpaired) electrons. The topological polar surface area (TPSA) is 66.9 Å². The highest BCUT2D eigenvalue weighted by atomic mass is 32.2. The van der Waals surface area contributed by atoms with Gasteiger partial charge < -0.3 is 9.64 Å². The van der Waals surface area contributed by atoms with E-state index in [2.05, 4.69) is 4.90 Å². The monoisotopic (exact) mass is 402 g/mol. The van der Waals surface area contributed by atoms with Crippen molar-refractivity contribution in [2.24, 2.45) is 0 Å². The maximum Gasteiger partial charge on any atom is 0.243 e. The van der Waals surface area contributed by atoms with E-state index in [1.165, 1.54) is 23.4 Å². The second-order valence-electron chi connectivity index (χ2n) is 6.84. The van der Waals surface area contributed by atoms with E-state index in [9.17, 15) is 13.2 Å². The number of benzene rings is 2. The van der Waals surface area contributed by atoms with Gasteiger partial charge in [0.15, 0.2) is 5.78 Å². The van der Waals surface area contributed by atoms with Crippen molar-refractivity contribution >= 4 is 15.8 Å². The summed E-state index contributed by atoms with van der Waals surface area (Å²) in [5.74, 6) is 0.794. The first-order chi connectivity index (χ1) is 13.5. The van der Waals surface area contributed by atoms with Crippen LogP contribution in [0.2, 0.25) is 0 Å². The summed E-state index contributed by atoms with van der Waals surface area (Å²) in [6.07, 6.45) is 0.897. The molecule has 1 aliphatic rings. The predicted molar refractivity (Wildman–Crippen MR) is 108 cm³/mol. The van der Waals surface area contributed by atoms with Gasteiger partial charge in [0.05, 0.1) is 11.5 Å². The van der Waals surface area contributed by atoms with Crippen molar-refractivity contribution in [1.29, 1.82) is 0 Å². The summed E-state index contributed by atoms with van der Waals surface area (Å²) in [4.78, 5) is 13.9. The smallest absolute Gasteiger partial charge is 0.243 e. The lowest BCUT2D eigenvalue weighted by Crippen LogP contribution is -2.48. The highest BCUT2D eigenvalue weighted by Gasteiger charge is 2.28. The average molecular weight is 403 g/mol. The number of para-hydroxylation sites is 1. The zero-order valence-electron chi connectivity index (χ0n) is 16.1. The summed E-state index contributed by atoms with van der Waals surface area (Å²) in [5, 5.41) is 0. The molecule has 7 heteroatoms. The average Bonchev–Trinajstić information content (AvgIpc) is 2.72. The number of nitrogens with zero attached hydrogens (tertiary/aromatic N) is 2. The standard InChI is InChI=1S/C21H26N2O4S/c1-18(24)19-8-10-21(11-9-19)28(25,26)23-15-13-22(14-16-23)12-5-17-27-20-6-3-2-4-7-20/h2-4,6-11H,5,12-17H2,1H3. The van der Waals surface area contributed by atoms with Crippen molar-refractivity contribution in [2.45, 2.75) is 18.2 Å². The van der Waals surface area contributed by atoms with Gasteiger partial charge in [-0.15, -0.1) is 0 Å². The molecule has 1 saturated heterocycles. The van der Waals surface area contributed by atoms with Crippen molar-refractivity contribution in [2.75, 3.05) is 39.3 Å². The van der Waals surface area contributed by atoms with Crippen LogP contribution >= 0.6 is 0 Å². The fourth-order valence-electron chi connectivity index (χ4n) is 3.20. The van der Waals surface area contributed by atoms with Crippen molar-refractivity contribution < 1.29 is 17.9 Å². The van der Waals surface area contributed by atoms with E-state index in [0.29, 0.717) is 38.3 Å². The normalized spacial score (nSPS) is 16.0. The van der Waals surface area contributed by atoms with Gasteiger partial charge in [-0.05, 0) is 37.6 Å². The lowest BCUT2D eigenvalue weighted by atomic mass is 10.2. The Kier molecular flexibility index (Phi) is 6.83. The van der Waals surface area contributed by atoms with Crippen LogP contribution in [0, 0.1) is 0 Å². The summed E-state index contributed by atoms with van der Waals surface area (Å²) in [6, 6.07) is 15.9. The number of sulfonamides is 1. The Morgan fingerprint density at radius 1 is 0.964 bits per heavy atom. The van der Waals surface area contributed by atoms with Crippen LogP contribution in [-0.4, -0.2) is 62.7 Å². The third-order valence-electron chi connectivity index (χ3n) is 4.86. The zero-order valence-corrected chi connectivity index (χ0v) is 16.9. The minimum absolute atomic E-state index is 0.0752. The molecule has 0 saturated carbocycles. The Bertz CT molecular complexity index is 874. The molecule has 3 rings (SSSR count). The highest BCUT2D eigenvalue weighted by molar-refractivity contribution is 7.89. The van der Waals surface area contributed by atoms with Crippen LogP contribution in [0.15, 0.2) is 59.5 Å². The third kappa shape index (κ3) is 5.19. The Labute approximate surface area is 166 Å². The van der Waals surface area contributed by atoms with Crippen molar-refractivity contribution in [3.05, 3.63) is 60.2 Å². The van der Waals surface area contributed by atoms with Gasteiger partial charge >= 0.3 is 0 Å². The molecule has 0 N–H and O–H groups in total. The van der Waals surface area contributed by atoms with Gasteiger partial charge in [0, 0.05) is 38.3 Å². The van der Waals surface area contributed by atoms with Gasteiger partial charge in [0.25, 0.3) is 0 Å². The maximum atomic E-state index is 12.8. The lowest BCUT2D eigenvalue weighted by molar-refractivity contribution is 0.101. The number of piperazine rings is 1. The fraction of sp³-hybridized carbons (Fsp3) is 0.381. The molecule has 150 valence electrons. The minimum Gasteiger partial charge on any atom is -0.494 e. The van der Waals surface area contributed by atoms with E-state index in [-0.39, 0.29) is 10.7 Å². The third-order valence-corrected chi connectivity index (χ3v) is 6.77. The van der Waals surface area contributed by atoms with Gasteiger partial charge in [-0.3, -0.25) is 4.79 Å². The van der Waals surface area contributed by atoms with Gasteiger partial charge in [-0.2, -0.15) is 4.31 Å². The first-order valence-corrected chi connectivity index (χ1v) is 10.9. The van der Waals surface area contributed by atoms with Crippen molar-refractivity contribution in [3.63, 3.8) is 0 Å². The van der Waals surface area contributed by atoms with Gasteiger partial charge in [-0.1, -0.05) is 30.3 Å². The second kappa shape index (κ2) is 9.32. The summed E-state index contributed by atoms with van der Waals surface area (Å²) in [7, 11) is -3.52. The number of carbonyl (C=O) groups excluding carboxylic acids is 1. The molecule has 1 aliphatic heterocycles. The van der Waals surface area contributed by atoms with E-state index in [1.807, 2.05) is 30.3 Å². The van der Waals surface area contributed by atoms with Crippen LogP contribution in [0.5, 0.6) is 5.75 Å². The Balaban J connectivity index is 1.45. The molecule has 28 heavy (non-hydrogen) atoms. The molecule has 0 atom stereocenters. The molecule has 6 nitrogen and oxygen atoms in total. The van der Waals surface area contributed by atoms with E-state index in [4.69, 9.17) is 4.74 Å². The molecule has 1 heterocycles. The summed E-state index contributed by atoms with van der Waals surface area (Å²) in [6.45, 7) is 5.34. The molecule has 2 aromatic carbocycles. The van der Waals surface area contributed by atoms with Crippen molar-refractivity contribution in [1.82, 2.24) is 9.21 Å². The summed E-state index contributed by atoms with van der Waals surface area (Å²) >= 11 is 0. The van der Waals surface area contributed by atoms with Gasteiger partial charge in [-0.25, -0.2) is 8.42 Å². The SMILES string of the molecule is CC(=O)c1ccc(S(=O)(=O)N2CCN(CCCOc3ccccc3)CC2)cc1. The fourth-order valence-corrected chi connectivity index (χ4v) is 4.62. The molecule has 0 unspecified atom stereocenters. The molecule has 0 spiro atoms. The van der Waals surface area contributed by atoms with E-state index >= 15 is 0 Å². The Hall–Kier alpha value is -2.22. The summed E-state index contributed by atoms with van der Waals surface area (Å²) < 4.78 is 32.8. The van der Waals surface area contributed by atoms with Crippen LogP contribution in [0.1, 0.15) is 23.7 Å². The van der Waals surface area contributed by atoms with Crippen LogP contribution in [0.4, 0.5) is 0 Å². The first kappa shape index (κ1) is 20.5. The predicted octanol–water partition coefficient (Wildman–Crippen LogP) is 2.66. The van der Waals surface area contributed by atoms with E-state index < -0.39 is 10.0 Å². The molecule has 0 amide bonds. The lowest BCUT2D eigenvalue weighted by Gasteiger charge is -2.34. The molecule has 2 aromatic rings. The van der Waals surface area contributed by atoms with Gasteiger partial charge in [0.1, 0.15) is 5.75 Å². The first-order valence-electron chi connectivity index (χ1n) is 9.48. The largest absolute Gasteiger partial charge is 0.494 e. The number of carbonyl (C=O) groups is 1. The number of rotatable bonds is 8. The number of ketones is 1. The Morgan fingerprint density at radius 2 is 1.61 bits per heavy atom. The molecule has 0 aromatic heterocycles. The maximum absolute atomic E-state index is 12.8. The number of hydrogen-bond donors (Lipinski definition) is 0. The van der Waals surface area contributed by atoms with Crippen LogP contribution in [0.25, 0.3) is 0 Å². The molecule has 0 bridgehead atoms.